The Labute approximate surface area is 50.8 Å². The Hall–Kier alpha value is -0.510. The summed E-state index contributed by atoms with van der Waals surface area (Å²) in [5.41, 5.74) is 0. The number of carbonyl (C=O) groups is 2. The maximum atomic E-state index is 10.4. The molecule has 0 aromatic rings. The largest absolute Gasteiger partial charge is 0.286 e. The molecular formula is C4H4NO2S. The van der Waals surface area contributed by atoms with Crippen molar-refractivity contribution >= 4 is 22.9 Å². The highest BCUT2D eigenvalue weighted by atomic mass is 32.2. The van der Waals surface area contributed by atoms with Gasteiger partial charge in [0.1, 0.15) is 0 Å². The Kier molecular flexibility index (Phi) is 1.25. The van der Waals surface area contributed by atoms with Crippen molar-refractivity contribution < 1.29 is 9.59 Å². The van der Waals surface area contributed by atoms with Gasteiger partial charge >= 0.3 is 0 Å². The normalized spacial score (nSPS) is 28.4. The van der Waals surface area contributed by atoms with Gasteiger partial charge in [0.15, 0.2) is 0 Å². The fraction of sp³-hybridized carbons (Fsp3) is 0.250. The van der Waals surface area contributed by atoms with E-state index in [1.54, 1.807) is 0 Å². The third kappa shape index (κ3) is 0.838. The summed E-state index contributed by atoms with van der Waals surface area (Å²) in [7, 11) is 0. The molecule has 2 amide bonds. The quantitative estimate of drug-likeness (QED) is 0.508. The van der Waals surface area contributed by atoms with Gasteiger partial charge in [-0.15, -0.1) is 0 Å². The van der Waals surface area contributed by atoms with Gasteiger partial charge in [-0.25, -0.2) is 0 Å². The maximum absolute atomic E-state index is 10.4. The molecule has 43 valence electrons. The summed E-state index contributed by atoms with van der Waals surface area (Å²) in [6.07, 6.45) is 0. The van der Waals surface area contributed by atoms with Crippen LogP contribution in [0.4, 0.5) is 4.79 Å². The van der Waals surface area contributed by atoms with Crippen LogP contribution in [0.3, 0.4) is 0 Å². The van der Waals surface area contributed by atoms with E-state index in [1.165, 1.54) is 0 Å². The first-order valence-corrected chi connectivity index (χ1v) is 2.92. The lowest BCUT2D eigenvalue weighted by atomic mass is 10.5. The van der Waals surface area contributed by atoms with Crippen molar-refractivity contribution in [1.29, 1.82) is 0 Å². The number of hydrogen-bond donors (Lipinski definition) is 1. The van der Waals surface area contributed by atoms with E-state index in [2.05, 4.69) is 12.2 Å². The predicted octanol–water partition coefficient (Wildman–Crippen LogP) is 0.172. The van der Waals surface area contributed by atoms with Crippen molar-refractivity contribution in [3.8, 4) is 0 Å². The molecule has 1 heterocycles. The molecule has 1 rings (SSSR count). The predicted molar refractivity (Wildman–Crippen MR) is 30.3 cm³/mol. The molecule has 0 aliphatic carbocycles. The molecule has 1 saturated heterocycles. The van der Waals surface area contributed by atoms with E-state index in [-0.39, 0.29) is 11.1 Å². The van der Waals surface area contributed by atoms with Gasteiger partial charge in [-0.3, -0.25) is 14.9 Å². The molecular weight excluding hydrogens is 126 g/mol. The molecule has 1 atom stereocenters. The number of hydrogen-bond acceptors (Lipinski definition) is 3. The molecule has 8 heavy (non-hydrogen) atoms. The van der Waals surface area contributed by atoms with Crippen LogP contribution < -0.4 is 5.32 Å². The van der Waals surface area contributed by atoms with Gasteiger partial charge in [-0.2, -0.15) is 0 Å². The highest BCUT2D eigenvalue weighted by Crippen LogP contribution is 2.16. The highest BCUT2D eigenvalue weighted by molar-refractivity contribution is 8.15. The zero-order valence-electron chi connectivity index (χ0n) is 4.01. The summed E-state index contributed by atoms with van der Waals surface area (Å²) >= 11 is 0.918. The second kappa shape index (κ2) is 1.78. The fourth-order valence-corrected chi connectivity index (χ4v) is 0.977. The number of nitrogens with one attached hydrogen (secondary N) is 1. The van der Waals surface area contributed by atoms with Gasteiger partial charge in [0.05, 0.1) is 5.25 Å². The summed E-state index contributed by atoms with van der Waals surface area (Å²) < 4.78 is 0. The molecule has 0 saturated carbocycles. The van der Waals surface area contributed by atoms with Crippen LogP contribution in [0.2, 0.25) is 0 Å². The minimum absolute atomic E-state index is 0.292. The van der Waals surface area contributed by atoms with Crippen LogP contribution in [-0.4, -0.2) is 16.4 Å². The van der Waals surface area contributed by atoms with Gasteiger partial charge in [0.2, 0.25) is 5.91 Å². The van der Waals surface area contributed by atoms with E-state index in [9.17, 15) is 9.59 Å². The number of amides is 2. The fourth-order valence-electron chi connectivity index (χ4n) is 0.393. The number of thioether (sulfide) groups is 1. The average molecular weight is 130 g/mol. The molecule has 3 nitrogen and oxygen atoms in total. The zero-order valence-corrected chi connectivity index (χ0v) is 4.83. The first-order chi connectivity index (χ1) is 3.70. The van der Waals surface area contributed by atoms with E-state index in [4.69, 9.17) is 0 Å². The molecule has 1 radical (unpaired) electrons. The first-order valence-electron chi connectivity index (χ1n) is 2.04. The number of imide groups is 1. The Morgan fingerprint density at radius 1 is 1.62 bits per heavy atom. The van der Waals surface area contributed by atoms with E-state index in [1.807, 2.05) is 0 Å². The highest BCUT2D eigenvalue weighted by Gasteiger charge is 2.26. The minimum atomic E-state index is -0.442. The third-order valence-electron chi connectivity index (χ3n) is 0.767. The summed E-state index contributed by atoms with van der Waals surface area (Å²) in [6, 6.07) is 0. The van der Waals surface area contributed by atoms with Crippen molar-refractivity contribution in [3.05, 3.63) is 6.92 Å². The van der Waals surface area contributed by atoms with Crippen molar-refractivity contribution in [2.24, 2.45) is 0 Å². The molecule has 0 bridgehead atoms. The molecule has 1 unspecified atom stereocenters. The number of rotatable bonds is 0. The van der Waals surface area contributed by atoms with Crippen LogP contribution in [0.15, 0.2) is 0 Å². The molecule has 1 N–H and O–H groups in total. The topological polar surface area (TPSA) is 46.2 Å². The maximum Gasteiger partial charge on any atom is 0.286 e. The van der Waals surface area contributed by atoms with Crippen LogP contribution in [0.1, 0.15) is 0 Å². The number of carbonyl (C=O) groups excluding carboxylic acids is 2. The van der Waals surface area contributed by atoms with Crippen LogP contribution >= 0.6 is 11.8 Å². The zero-order chi connectivity index (χ0) is 6.15. The van der Waals surface area contributed by atoms with E-state index in [0.29, 0.717) is 0 Å². The van der Waals surface area contributed by atoms with E-state index < -0.39 is 5.25 Å². The van der Waals surface area contributed by atoms with Crippen molar-refractivity contribution in [2.45, 2.75) is 5.25 Å². The Bertz CT molecular complexity index is 145. The Morgan fingerprint density at radius 2 is 2.25 bits per heavy atom. The van der Waals surface area contributed by atoms with Crippen molar-refractivity contribution in [3.63, 3.8) is 0 Å². The monoisotopic (exact) mass is 130 g/mol. The van der Waals surface area contributed by atoms with Crippen LogP contribution in [0.25, 0.3) is 0 Å². The second-order valence-corrected chi connectivity index (χ2v) is 2.56. The van der Waals surface area contributed by atoms with Gasteiger partial charge in [0.25, 0.3) is 5.24 Å². The summed E-state index contributed by atoms with van der Waals surface area (Å²) in [5, 5.41) is 1.35. The molecule has 0 aromatic heterocycles. The summed E-state index contributed by atoms with van der Waals surface area (Å²) in [5.74, 6) is -0.292. The summed E-state index contributed by atoms with van der Waals surface area (Å²) in [4.78, 5) is 20.6. The second-order valence-electron chi connectivity index (χ2n) is 1.38. The van der Waals surface area contributed by atoms with Gasteiger partial charge in [0, 0.05) is 0 Å². The SMILES string of the molecule is [CH2]C1SC(=O)NC1=O. The minimum Gasteiger partial charge on any atom is -0.286 e. The van der Waals surface area contributed by atoms with Gasteiger partial charge < -0.3 is 0 Å². The smallest absolute Gasteiger partial charge is 0.286 e. The lowest BCUT2D eigenvalue weighted by Gasteiger charge is -1.86. The molecule has 0 aromatic carbocycles. The molecule has 0 spiro atoms. The third-order valence-corrected chi connectivity index (χ3v) is 1.58. The lowest BCUT2D eigenvalue weighted by Crippen LogP contribution is -2.22. The lowest BCUT2D eigenvalue weighted by molar-refractivity contribution is -0.118. The van der Waals surface area contributed by atoms with Crippen molar-refractivity contribution in [2.75, 3.05) is 0 Å². The first kappa shape index (κ1) is 5.62. The standard InChI is InChI=1S/C4H4NO2S/c1-2-3(6)5-4(7)8-2/h2H,1H2,(H,5,6,7). The van der Waals surface area contributed by atoms with Crippen LogP contribution in [0, 0.1) is 6.92 Å². The molecule has 1 aliphatic rings. The van der Waals surface area contributed by atoms with E-state index >= 15 is 0 Å². The van der Waals surface area contributed by atoms with Crippen LogP contribution in [0.5, 0.6) is 0 Å². The molecule has 1 aliphatic heterocycles. The average Bonchev–Trinajstić information content (AvgIpc) is 1.85. The van der Waals surface area contributed by atoms with Gasteiger partial charge in [-0.1, -0.05) is 11.8 Å². The van der Waals surface area contributed by atoms with Crippen LogP contribution in [-0.2, 0) is 4.79 Å². The van der Waals surface area contributed by atoms with Gasteiger partial charge in [-0.05, 0) is 6.92 Å². The Balaban J connectivity index is 2.64. The molecule has 4 heteroatoms. The summed E-state index contributed by atoms with van der Waals surface area (Å²) in [6.45, 7) is 3.40. The Morgan fingerprint density at radius 3 is 2.38 bits per heavy atom. The van der Waals surface area contributed by atoms with Crippen molar-refractivity contribution in [1.82, 2.24) is 5.32 Å². The molecule has 1 fully saturated rings. The van der Waals surface area contributed by atoms with E-state index in [0.717, 1.165) is 11.8 Å².